The second-order valence-electron chi connectivity index (χ2n) is 14.4. The van der Waals surface area contributed by atoms with Crippen LogP contribution in [0.5, 0.6) is 23.0 Å². The smallest absolute Gasteiger partial charge is 0.119 e. The Labute approximate surface area is 344 Å². The standard InChI is InChI=1S/C52H52N2O4/c53-39-41-11-15-43(16-12-41)45-19-27-49(28-20-45)55-35-7-3-1-5-9-37-57-51-31-23-47(24-32-51)48-25-33-52(34-26-48)58-38-10-6-2-4-8-36-56-50-29-21-46(22-30-50)44-17-13-42(40-54)14-18-44/h11-34H,1-10,35-38H2. The summed E-state index contributed by atoms with van der Waals surface area (Å²) in [6.45, 7) is 2.88. The molecule has 0 N–H and O–H groups in total. The van der Waals surface area contributed by atoms with Crippen LogP contribution in [0, 0.1) is 22.7 Å². The number of ether oxygens (including phenoxy) is 4. The summed E-state index contributed by atoms with van der Waals surface area (Å²) in [7, 11) is 0. The van der Waals surface area contributed by atoms with E-state index in [-0.39, 0.29) is 0 Å². The Hall–Kier alpha value is -6.50. The quantitative estimate of drug-likeness (QED) is 0.0604. The van der Waals surface area contributed by atoms with E-state index in [2.05, 4.69) is 84.9 Å². The van der Waals surface area contributed by atoms with Crippen molar-refractivity contribution in [1.82, 2.24) is 0 Å². The van der Waals surface area contributed by atoms with Crippen molar-refractivity contribution in [3.63, 3.8) is 0 Å². The molecule has 6 aromatic carbocycles. The highest BCUT2D eigenvalue weighted by Crippen LogP contribution is 2.27. The van der Waals surface area contributed by atoms with Crippen LogP contribution in [0.3, 0.4) is 0 Å². The molecule has 0 unspecified atom stereocenters. The maximum Gasteiger partial charge on any atom is 0.119 e. The first-order valence-corrected chi connectivity index (χ1v) is 20.6. The van der Waals surface area contributed by atoms with Gasteiger partial charge in [0.25, 0.3) is 0 Å². The highest BCUT2D eigenvalue weighted by molar-refractivity contribution is 5.66. The van der Waals surface area contributed by atoms with Gasteiger partial charge in [-0.2, -0.15) is 10.5 Å². The lowest BCUT2D eigenvalue weighted by Gasteiger charge is -2.10. The van der Waals surface area contributed by atoms with Gasteiger partial charge in [0.15, 0.2) is 0 Å². The van der Waals surface area contributed by atoms with Gasteiger partial charge in [-0.1, -0.05) is 111 Å². The van der Waals surface area contributed by atoms with Crippen LogP contribution in [0.1, 0.15) is 75.3 Å². The van der Waals surface area contributed by atoms with Gasteiger partial charge in [0.1, 0.15) is 23.0 Å². The lowest BCUT2D eigenvalue weighted by Crippen LogP contribution is -1.99. The number of nitriles is 2. The van der Waals surface area contributed by atoms with Crippen LogP contribution in [0.4, 0.5) is 0 Å². The minimum atomic E-state index is 0.669. The zero-order valence-corrected chi connectivity index (χ0v) is 33.3. The van der Waals surface area contributed by atoms with E-state index in [4.69, 9.17) is 29.5 Å². The van der Waals surface area contributed by atoms with Gasteiger partial charge < -0.3 is 18.9 Å². The number of hydrogen-bond acceptors (Lipinski definition) is 6. The summed E-state index contributed by atoms with van der Waals surface area (Å²) in [5, 5.41) is 18.0. The molecule has 0 atom stereocenters. The average Bonchev–Trinajstić information content (AvgIpc) is 3.29. The van der Waals surface area contributed by atoms with Crippen LogP contribution < -0.4 is 18.9 Å². The Morgan fingerprint density at radius 3 is 0.655 bits per heavy atom. The molecule has 0 fully saturated rings. The molecule has 0 saturated carbocycles. The van der Waals surface area contributed by atoms with Crippen LogP contribution in [0.2, 0.25) is 0 Å². The highest BCUT2D eigenvalue weighted by atomic mass is 16.5. The summed E-state index contributed by atoms with van der Waals surface area (Å²) in [6.07, 6.45) is 11.0. The van der Waals surface area contributed by atoms with E-state index >= 15 is 0 Å². The normalized spacial score (nSPS) is 10.7. The van der Waals surface area contributed by atoms with Gasteiger partial charge in [-0.3, -0.25) is 0 Å². The first kappa shape index (κ1) is 41.1. The molecular weight excluding hydrogens is 717 g/mol. The summed E-state index contributed by atoms with van der Waals surface area (Å²) in [5.74, 6) is 3.58. The zero-order valence-electron chi connectivity index (χ0n) is 33.3. The molecule has 0 aliphatic heterocycles. The predicted octanol–water partition coefficient (Wildman–Crippen LogP) is 13.2. The maximum absolute atomic E-state index is 8.99. The minimum absolute atomic E-state index is 0.669. The summed E-state index contributed by atoms with van der Waals surface area (Å²) in [5.41, 5.74) is 8.07. The SMILES string of the molecule is N#Cc1ccc(-c2ccc(OCCCCCCCOc3ccc(-c4ccc(OCCCCCCCOc5ccc(-c6ccc(C#N)cc6)cc5)cc4)cc3)cc2)cc1. The van der Waals surface area contributed by atoms with Gasteiger partial charge >= 0.3 is 0 Å². The van der Waals surface area contributed by atoms with Gasteiger partial charge in [-0.15, -0.1) is 0 Å². The van der Waals surface area contributed by atoms with Crippen molar-refractivity contribution in [3.05, 3.63) is 157 Å². The van der Waals surface area contributed by atoms with Crippen LogP contribution in [0.25, 0.3) is 33.4 Å². The van der Waals surface area contributed by atoms with Gasteiger partial charge in [0.2, 0.25) is 0 Å². The second kappa shape index (κ2) is 22.9. The maximum atomic E-state index is 8.99. The molecule has 0 radical (unpaired) electrons. The van der Waals surface area contributed by atoms with Crippen LogP contribution in [0.15, 0.2) is 146 Å². The van der Waals surface area contributed by atoms with Crippen molar-refractivity contribution in [2.24, 2.45) is 0 Å². The van der Waals surface area contributed by atoms with Crippen molar-refractivity contribution in [2.75, 3.05) is 26.4 Å². The van der Waals surface area contributed by atoms with E-state index in [0.717, 1.165) is 134 Å². The largest absolute Gasteiger partial charge is 0.494 e. The molecule has 294 valence electrons. The Morgan fingerprint density at radius 1 is 0.259 bits per heavy atom. The van der Waals surface area contributed by atoms with E-state index in [1.165, 1.54) is 12.8 Å². The van der Waals surface area contributed by atoms with Crippen molar-refractivity contribution in [2.45, 2.75) is 64.2 Å². The van der Waals surface area contributed by atoms with Gasteiger partial charge in [0, 0.05) is 0 Å². The average molecular weight is 769 g/mol. The van der Waals surface area contributed by atoms with Crippen molar-refractivity contribution in [3.8, 4) is 68.5 Å². The van der Waals surface area contributed by atoms with E-state index in [0.29, 0.717) is 11.1 Å². The third-order valence-electron chi connectivity index (χ3n) is 10.1. The van der Waals surface area contributed by atoms with Crippen molar-refractivity contribution in [1.29, 1.82) is 10.5 Å². The lowest BCUT2D eigenvalue weighted by atomic mass is 10.0. The topological polar surface area (TPSA) is 84.5 Å². The number of hydrogen-bond donors (Lipinski definition) is 0. The van der Waals surface area contributed by atoms with Crippen LogP contribution >= 0.6 is 0 Å². The summed E-state index contributed by atoms with van der Waals surface area (Å²) >= 11 is 0. The Kier molecular flexibility index (Phi) is 16.2. The second-order valence-corrected chi connectivity index (χ2v) is 14.4. The fourth-order valence-electron chi connectivity index (χ4n) is 6.68. The summed E-state index contributed by atoms with van der Waals surface area (Å²) in [6, 6.07) is 52.5. The number of nitrogens with zero attached hydrogens (tertiary/aromatic N) is 2. The number of benzene rings is 6. The van der Waals surface area contributed by atoms with E-state index in [1.54, 1.807) is 0 Å². The van der Waals surface area contributed by atoms with Crippen LogP contribution in [-0.2, 0) is 0 Å². The summed E-state index contributed by atoms with van der Waals surface area (Å²) in [4.78, 5) is 0. The Morgan fingerprint density at radius 2 is 0.448 bits per heavy atom. The zero-order chi connectivity index (χ0) is 40.0. The highest BCUT2D eigenvalue weighted by Gasteiger charge is 2.04. The molecule has 0 spiro atoms. The van der Waals surface area contributed by atoms with E-state index in [1.807, 2.05) is 72.8 Å². The Balaban J connectivity index is 0.754. The van der Waals surface area contributed by atoms with Gasteiger partial charge in [-0.05, 0) is 132 Å². The first-order chi connectivity index (χ1) is 28.7. The fourth-order valence-corrected chi connectivity index (χ4v) is 6.68. The molecule has 0 aliphatic carbocycles. The molecule has 0 amide bonds. The van der Waals surface area contributed by atoms with E-state index in [9.17, 15) is 0 Å². The molecule has 6 rings (SSSR count). The predicted molar refractivity (Wildman–Crippen MR) is 233 cm³/mol. The molecule has 0 heterocycles. The molecule has 58 heavy (non-hydrogen) atoms. The number of rotatable bonds is 23. The monoisotopic (exact) mass is 768 g/mol. The lowest BCUT2D eigenvalue weighted by molar-refractivity contribution is 0.293. The Bertz CT molecular complexity index is 2010. The molecule has 0 saturated heterocycles. The van der Waals surface area contributed by atoms with Crippen molar-refractivity contribution >= 4 is 0 Å². The third-order valence-corrected chi connectivity index (χ3v) is 10.1. The molecular formula is C52H52N2O4. The van der Waals surface area contributed by atoms with Gasteiger partial charge in [-0.25, -0.2) is 0 Å². The summed E-state index contributed by atoms with van der Waals surface area (Å²) < 4.78 is 23.9. The van der Waals surface area contributed by atoms with E-state index < -0.39 is 0 Å². The molecule has 0 aliphatic rings. The van der Waals surface area contributed by atoms with Crippen molar-refractivity contribution < 1.29 is 18.9 Å². The molecule has 6 aromatic rings. The molecule has 6 heteroatoms. The fraction of sp³-hybridized carbons (Fsp3) is 0.269. The minimum Gasteiger partial charge on any atom is -0.494 e. The van der Waals surface area contributed by atoms with Gasteiger partial charge in [0.05, 0.1) is 49.7 Å². The molecule has 0 bridgehead atoms. The molecule has 6 nitrogen and oxygen atoms in total. The molecule has 0 aromatic heterocycles. The third kappa shape index (κ3) is 13.3. The number of unbranched alkanes of at least 4 members (excludes halogenated alkanes) is 8. The van der Waals surface area contributed by atoms with Crippen LogP contribution in [-0.4, -0.2) is 26.4 Å². The first-order valence-electron chi connectivity index (χ1n) is 20.6.